The van der Waals surface area contributed by atoms with Crippen molar-refractivity contribution in [1.29, 1.82) is 0 Å². The molecule has 2 aromatic rings. The van der Waals surface area contributed by atoms with E-state index in [9.17, 15) is 9.59 Å². The smallest absolute Gasteiger partial charge is 0.409 e. The van der Waals surface area contributed by atoms with Crippen molar-refractivity contribution in [2.75, 3.05) is 19.7 Å². The first-order valence-corrected chi connectivity index (χ1v) is 8.71. The summed E-state index contributed by atoms with van der Waals surface area (Å²) in [6, 6.07) is 9.87. The molecule has 0 unspecified atom stereocenters. The van der Waals surface area contributed by atoms with Crippen LogP contribution in [0.5, 0.6) is 0 Å². The van der Waals surface area contributed by atoms with Crippen LogP contribution in [-0.2, 0) is 16.0 Å². The van der Waals surface area contributed by atoms with Gasteiger partial charge >= 0.3 is 6.09 Å². The van der Waals surface area contributed by atoms with Crippen LogP contribution in [-0.4, -0.2) is 47.6 Å². The molecule has 2 heterocycles. The van der Waals surface area contributed by atoms with Gasteiger partial charge in [-0.05, 0) is 31.4 Å². The lowest BCUT2D eigenvalue weighted by Crippen LogP contribution is -2.47. The summed E-state index contributed by atoms with van der Waals surface area (Å²) in [5.74, 6) is -0.00672. The van der Waals surface area contributed by atoms with E-state index < -0.39 is 0 Å². The number of likely N-dealkylation sites (tertiary alicyclic amines) is 1. The number of aromatic nitrogens is 1. The molecule has 132 valence electrons. The maximum atomic E-state index is 12.4. The number of pyridine rings is 1. The second kappa shape index (κ2) is 7.96. The van der Waals surface area contributed by atoms with Gasteiger partial charge in [0.1, 0.15) is 0 Å². The van der Waals surface area contributed by atoms with Crippen molar-refractivity contribution in [3.8, 4) is 0 Å². The zero-order chi connectivity index (χ0) is 17.6. The van der Waals surface area contributed by atoms with Gasteiger partial charge in [0.2, 0.25) is 5.91 Å². The first kappa shape index (κ1) is 17.2. The average molecular weight is 341 g/mol. The van der Waals surface area contributed by atoms with Crippen molar-refractivity contribution in [3.05, 3.63) is 42.1 Å². The Bertz CT molecular complexity index is 749. The largest absolute Gasteiger partial charge is 0.450 e. The van der Waals surface area contributed by atoms with Gasteiger partial charge in [-0.1, -0.05) is 24.3 Å². The second-order valence-corrected chi connectivity index (χ2v) is 6.20. The number of ether oxygens (including phenoxy) is 1. The number of hydrogen-bond acceptors (Lipinski definition) is 4. The molecule has 6 nitrogen and oxygen atoms in total. The van der Waals surface area contributed by atoms with Gasteiger partial charge in [-0.3, -0.25) is 9.78 Å². The van der Waals surface area contributed by atoms with Gasteiger partial charge in [0.25, 0.3) is 0 Å². The molecule has 1 N–H and O–H groups in total. The maximum absolute atomic E-state index is 12.4. The molecule has 1 aliphatic rings. The molecule has 0 aliphatic carbocycles. The van der Waals surface area contributed by atoms with Crippen LogP contribution in [0, 0.1) is 0 Å². The number of nitrogens with zero attached hydrogens (tertiary/aromatic N) is 2. The van der Waals surface area contributed by atoms with Crippen LogP contribution < -0.4 is 5.32 Å². The standard InChI is InChI=1S/C19H23N3O3/c1-2-25-19(24)22-11-8-16(9-12-22)21-17(23)13-15-6-3-5-14-7-4-10-20-18(14)15/h3-7,10,16H,2,8-9,11-13H2,1H3,(H,21,23). The first-order chi connectivity index (χ1) is 12.2. The minimum atomic E-state index is -0.269. The number of carbonyl (C=O) groups is 2. The molecule has 3 rings (SSSR count). The Morgan fingerprint density at radius 1 is 1.24 bits per heavy atom. The van der Waals surface area contributed by atoms with Gasteiger partial charge in [-0.25, -0.2) is 4.79 Å². The van der Waals surface area contributed by atoms with Crippen molar-refractivity contribution in [3.63, 3.8) is 0 Å². The minimum absolute atomic E-state index is 0.00672. The molecule has 0 saturated carbocycles. The lowest BCUT2D eigenvalue weighted by molar-refractivity contribution is -0.121. The fraction of sp³-hybridized carbons (Fsp3) is 0.421. The molecule has 0 spiro atoms. The van der Waals surface area contributed by atoms with Crippen LogP contribution in [0.2, 0.25) is 0 Å². The van der Waals surface area contributed by atoms with E-state index in [1.54, 1.807) is 18.0 Å². The Morgan fingerprint density at radius 3 is 2.76 bits per heavy atom. The molecule has 0 radical (unpaired) electrons. The molecule has 0 atom stereocenters. The molecule has 1 saturated heterocycles. The van der Waals surface area contributed by atoms with Gasteiger partial charge in [0, 0.05) is 30.7 Å². The topological polar surface area (TPSA) is 71.5 Å². The summed E-state index contributed by atoms with van der Waals surface area (Å²) in [5.41, 5.74) is 1.80. The highest BCUT2D eigenvalue weighted by molar-refractivity contribution is 5.87. The van der Waals surface area contributed by atoms with Crippen LogP contribution in [0.15, 0.2) is 36.5 Å². The third kappa shape index (κ3) is 4.26. The number of piperidine rings is 1. The van der Waals surface area contributed by atoms with Gasteiger partial charge in [0.15, 0.2) is 0 Å². The lowest BCUT2D eigenvalue weighted by Gasteiger charge is -2.31. The SMILES string of the molecule is CCOC(=O)N1CCC(NC(=O)Cc2cccc3cccnc23)CC1. The van der Waals surface area contributed by atoms with E-state index in [-0.39, 0.29) is 18.0 Å². The highest BCUT2D eigenvalue weighted by atomic mass is 16.6. The third-order valence-electron chi connectivity index (χ3n) is 4.45. The molecule has 1 aliphatic heterocycles. The van der Waals surface area contributed by atoms with E-state index in [2.05, 4.69) is 10.3 Å². The molecular formula is C19H23N3O3. The fourth-order valence-electron chi connectivity index (χ4n) is 3.18. The van der Waals surface area contributed by atoms with Crippen molar-refractivity contribution < 1.29 is 14.3 Å². The van der Waals surface area contributed by atoms with E-state index >= 15 is 0 Å². The molecule has 2 amide bonds. The summed E-state index contributed by atoms with van der Waals surface area (Å²) >= 11 is 0. The van der Waals surface area contributed by atoms with E-state index in [1.165, 1.54) is 0 Å². The number of fused-ring (bicyclic) bond motifs is 1. The highest BCUT2D eigenvalue weighted by Gasteiger charge is 2.24. The summed E-state index contributed by atoms with van der Waals surface area (Å²) in [6.45, 7) is 3.40. The second-order valence-electron chi connectivity index (χ2n) is 6.20. The zero-order valence-electron chi connectivity index (χ0n) is 14.4. The summed E-state index contributed by atoms with van der Waals surface area (Å²) in [5, 5.41) is 4.12. The van der Waals surface area contributed by atoms with Crippen LogP contribution in [0.4, 0.5) is 4.79 Å². The maximum Gasteiger partial charge on any atom is 0.409 e. The number of nitrogens with one attached hydrogen (secondary N) is 1. The first-order valence-electron chi connectivity index (χ1n) is 8.71. The number of amides is 2. The van der Waals surface area contributed by atoms with Crippen LogP contribution >= 0.6 is 0 Å². The monoisotopic (exact) mass is 341 g/mol. The third-order valence-corrected chi connectivity index (χ3v) is 4.45. The van der Waals surface area contributed by atoms with Crippen LogP contribution in [0.3, 0.4) is 0 Å². The van der Waals surface area contributed by atoms with Gasteiger partial charge in [-0.2, -0.15) is 0 Å². The summed E-state index contributed by atoms with van der Waals surface area (Å²) in [7, 11) is 0. The number of carbonyl (C=O) groups excluding carboxylic acids is 2. The van der Waals surface area contributed by atoms with Crippen molar-refractivity contribution in [1.82, 2.24) is 15.2 Å². The normalized spacial score (nSPS) is 15.2. The number of rotatable bonds is 4. The molecule has 1 aromatic carbocycles. The number of para-hydroxylation sites is 1. The lowest BCUT2D eigenvalue weighted by atomic mass is 10.0. The Balaban J connectivity index is 1.54. The van der Waals surface area contributed by atoms with Crippen molar-refractivity contribution in [2.45, 2.75) is 32.2 Å². The van der Waals surface area contributed by atoms with Crippen LogP contribution in [0.25, 0.3) is 10.9 Å². The Kier molecular flexibility index (Phi) is 5.48. The Hall–Kier alpha value is -2.63. The summed E-state index contributed by atoms with van der Waals surface area (Å²) in [6.07, 6.45) is 3.28. The molecule has 1 fully saturated rings. The van der Waals surface area contributed by atoms with Gasteiger partial charge < -0.3 is 15.0 Å². The van der Waals surface area contributed by atoms with Crippen molar-refractivity contribution >= 4 is 22.9 Å². The highest BCUT2D eigenvalue weighted by Crippen LogP contribution is 2.17. The molecule has 1 aromatic heterocycles. The summed E-state index contributed by atoms with van der Waals surface area (Å²) in [4.78, 5) is 30.2. The predicted octanol–water partition coefficient (Wildman–Crippen LogP) is 2.51. The Morgan fingerprint density at radius 2 is 2.00 bits per heavy atom. The van der Waals surface area contributed by atoms with E-state index in [1.807, 2.05) is 30.3 Å². The van der Waals surface area contributed by atoms with E-state index in [0.29, 0.717) is 26.1 Å². The van der Waals surface area contributed by atoms with Gasteiger partial charge in [0.05, 0.1) is 18.5 Å². The molecule has 0 bridgehead atoms. The van der Waals surface area contributed by atoms with Crippen molar-refractivity contribution in [2.24, 2.45) is 0 Å². The minimum Gasteiger partial charge on any atom is -0.450 e. The molecule has 6 heteroatoms. The number of benzene rings is 1. The Labute approximate surface area is 147 Å². The quantitative estimate of drug-likeness (QED) is 0.927. The number of hydrogen-bond donors (Lipinski definition) is 1. The van der Waals surface area contributed by atoms with Gasteiger partial charge in [-0.15, -0.1) is 0 Å². The predicted molar refractivity (Wildman–Crippen MR) is 95.2 cm³/mol. The zero-order valence-corrected chi connectivity index (χ0v) is 14.4. The van der Waals surface area contributed by atoms with Crippen LogP contribution in [0.1, 0.15) is 25.3 Å². The summed E-state index contributed by atoms with van der Waals surface area (Å²) < 4.78 is 5.01. The van der Waals surface area contributed by atoms with E-state index in [4.69, 9.17) is 4.74 Å². The fourth-order valence-corrected chi connectivity index (χ4v) is 3.18. The van der Waals surface area contributed by atoms with E-state index in [0.717, 1.165) is 29.3 Å². The molecular weight excluding hydrogens is 318 g/mol. The average Bonchev–Trinajstić information content (AvgIpc) is 2.63. The molecule has 25 heavy (non-hydrogen) atoms.